The average molecular weight is 335 g/mol. The molecule has 2 aliphatic heterocycles. The molecule has 134 valence electrons. The lowest BCUT2D eigenvalue weighted by Gasteiger charge is -2.37. The van der Waals surface area contributed by atoms with Crippen molar-refractivity contribution in [3.05, 3.63) is 23.8 Å². The maximum absolute atomic E-state index is 5.54. The first-order chi connectivity index (χ1) is 11.7. The first-order valence-electron chi connectivity index (χ1n) is 9.58. The molecular formula is C20H34N2O2+2. The Morgan fingerprint density at radius 2 is 1.83 bits per heavy atom. The Bertz CT molecular complexity index is 526. The Morgan fingerprint density at radius 3 is 2.50 bits per heavy atom. The molecule has 2 fully saturated rings. The van der Waals surface area contributed by atoms with Gasteiger partial charge in [0.15, 0.2) is 0 Å². The topological polar surface area (TPSA) is 27.3 Å². The van der Waals surface area contributed by atoms with Crippen LogP contribution >= 0.6 is 0 Å². The molecule has 0 amide bonds. The lowest BCUT2D eigenvalue weighted by Crippen LogP contribution is -3.21. The van der Waals surface area contributed by atoms with Gasteiger partial charge < -0.3 is 19.3 Å². The summed E-state index contributed by atoms with van der Waals surface area (Å²) in [5, 5.41) is 0. The summed E-state index contributed by atoms with van der Waals surface area (Å²) in [6, 6.07) is 7.03. The number of benzene rings is 1. The number of quaternary nitrogens is 2. The minimum absolute atomic E-state index is 0.892. The fourth-order valence-electron chi connectivity index (χ4n) is 4.60. The third kappa shape index (κ3) is 4.22. The van der Waals surface area contributed by atoms with E-state index in [2.05, 4.69) is 13.0 Å². The lowest BCUT2D eigenvalue weighted by molar-refractivity contribution is -0.967. The normalized spacial score (nSPS) is 30.8. The standard InChI is InChI=1S/C20H32N2O2/c1-16-5-4-10-22(14-16)18-8-11-21(12-9-18)15-17-13-19(23-2)6-7-20(17)24-3/h6-7,13,16,18H,4-5,8-12,14-15H2,1-3H3/p+2/t16-/m0/s1. The molecule has 2 aliphatic rings. The number of methoxy groups -OCH3 is 2. The van der Waals surface area contributed by atoms with Gasteiger partial charge in [-0.15, -0.1) is 0 Å². The van der Waals surface area contributed by atoms with Crippen LogP contribution in [0.25, 0.3) is 0 Å². The number of likely N-dealkylation sites (tertiary alicyclic amines) is 2. The summed E-state index contributed by atoms with van der Waals surface area (Å²) in [6.07, 6.45) is 5.58. The third-order valence-electron chi connectivity index (χ3n) is 6.00. The Kier molecular flexibility index (Phi) is 6.01. The highest BCUT2D eigenvalue weighted by atomic mass is 16.5. The molecule has 0 radical (unpaired) electrons. The predicted molar refractivity (Wildman–Crippen MR) is 96.1 cm³/mol. The van der Waals surface area contributed by atoms with Crippen LogP contribution in [0.1, 0.15) is 38.2 Å². The Hall–Kier alpha value is -1.26. The summed E-state index contributed by atoms with van der Waals surface area (Å²) in [5.74, 6) is 2.83. The molecule has 1 aromatic rings. The summed E-state index contributed by atoms with van der Waals surface area (Å²) in [4.78, 5) is 3.56. The van der Waals surface area contributed by atoms with Crippen LogP contribution in [0.15, 0.2) is 18.2 Å². The van der Waals surface area contributed by atoms with Gasteiger partial charge in [-0.3, -0.25) is 0 Å². The van der Waals surface area contributed by atoms with Crippen molar-refractivity contribution in [1.29, 1.82) is 0 Å². The molecule has 2 heterocycles. The summed E-state index contributed by atoms with van der Waals surface area (Å²) < 4.78 is 10.9. The first-order valence-corrected chi connectivity index (χ1v) is 9.58. The Morgan fingerprint density at radius 1 is 1.04 bits per heavy atom. The zero-order valence-electron chi connectivity index (χ0n) is 15.6. The van der Waals surface area contributed by atoms with Gasteiger partial charge in [0.1, 0.15) is 18.0 Å². The van der Waals surface area contributed by atoms with Crippen molar-refractivity contribution in [1.82, 2.24) is 0 Å². The van der Waals surface area contributed by atoms with E-state index in [9.17, 15) is 0 Å². The van der Waals surface area contributed by atoms with Crippen molar-refractivity contribution < 1.29 is 19.3 Å². The molecule has 2 saturated heterocycles. The Labute approximate surface area is 146 Å². The van der Waals surface area contributed by atoms with E-state index < -0.39 is 0 Å². The van der Waals surface area contributed by atoms with Gasteiger partial charge in [-0.05, 0) is 31.0 Å². The number of piperidine rings is 2. The van der Waals surface area contributed by atoms with Crippen LogP contribution in [-0.4, -0.2) is 46.4 Å². The monoisotopic (exact) mass is 334 g/mol. The smallest absolute Gasteiger partial charge is 0.127 e. The molecule has 4 heteroatoms. The van der Waals surface area contributed by atoms with Crippen molar-refractivity contribution in [2.75, 3.05) is 40.4 Å². The van der Waals surface area contributed by atoms with Crippen LogP contribution in [0.4, 0.5) is 0 Å². The zero-order chi connectivity index (χ0) is 16.9. The number of ether oxygens (including phenoxy) is 2. The van der Waals surface area contributed by atoms with Gasteiger partial charge in [-0.1, -0.05) is 6.92 Å². The van der Waals surface area contributed by atoms with E-state index in [1.54, 1.807) is 19.1 Å². The van der Waals surface area contributed by atoms with Crippen molar-refractivity contribution in [2.45, 2.75) is 45.2 Å². The number of nitrogens with one attached hydrogen (secondary N) is 2. The maximum atomic E-state index is 5.54. The molecule has 2 N–H and O–H groups in total. The van der Waals surface area contributed by atoms with Gasteiger partial charge in [-0.25, -0.2) is 0 Å². The Balaban J connectivity index is 1.55. The van der Waals surface area contributed by atoms with E-state index in [4.69, 9.17) is 9.47 Å². The predicted octanol–water partition coefficient (Wildman–Crippen LogP) is 0.566. The largest absolute Gasteiger partial charge is 0.497 e. The third-order valence-corrected chi connectivity index (χ3v) is 6.00. The molecular weight excluding hydrogens is 300 g/mol. The van der Waals surface area contributed by atoms with Crippen LogP contribution in [0.3, 0.4) is 0 Å². The number of hydrogen-bond donors (Lipinski definition) is 2. The van der Waals surface area contributed by atoms with E-state index >= 15 is 0 Å². The lowest BCUT2D eigenvalue weighted by atomic mass is 9.95. The molecule has 24 heavy (non-hydrogen) atoms. The summed E-state index contributed by atoms with van der Waals surface area (Å²) in [7, 11) is 3.49. The van der Waals surface area contributed by atoms with Crippen molar-refractivity contribution in [3.63, 3.8) is 0 Å². The van der Waals surface area contributed by atoms with Crippen LogP contribution in [-0.2, 0) is 6.54 Å². The highest BCUT2D eigenvalue weighted by Gasteiger charge is 2.32. The molecule has 0 spiro atoms. The van der Waals surface area contributed by atoms with Crippen LogP contribution < -0.4 is 19.3 Å². The second-order valence-electron chi connectivity index (χ2n) is 7.74. The minimum atomic E-state index is 0.892. The van der Waals surface area contributed by atoms with Crippen LogP contribution in [0.5, 0.6) is 11.5 Å². The highest BCUT2D eigenvalue weighted by Crippen LogP contribution is 2.23. The van der Waals surface area contributed by atoms with Gasteiger partial charge >= 0.3 is 0 Å². The van der Waals surface area contributed by atoms with E-state index in [1.165, 1.54) is 57.4 Å². The number of hydrogen-bond acceptors (Lipinski definition) is 2. The SMILES string of the molecule is COc1ccc(OC)c(C[NH+]2CCC([NH+]3CCC[C@H](C)C3)CC2)c1. The summed E-state index contributed by atoms with van der Waals surface area (Å²) in [6.45, 7) is 8.82. The molecule has 0 bridgehead atoms. The minimum Gasteiger partial charge on any atom is -0.497 e. The van der Waals surface area contributed by atoms with E-state index in [-0.39, 0.29) is 0 Å². The highest BCUT2D eigenvalue weighted by molar-refractivity contribution is 5.39. The molecule has 0 aromatic heterocycles. The van der Waals surface area contributed by atoms with Gasteiger partial charge in [0, 0.05) is 18.8 Å². The molecule has 4 nitrogen and oxygen atoms in total. The van der Waals surface area contributed by atoms with Crippen molar-refractivity contribution in [2.24, 2.45) is 5.92 Å². The molecule has 0 aliphatic carbocycles. The zero-order valence-corrected chi connectivity index (χ0v) is 15.6. The van der Waals surface area contributed by atoms with E-state index in [0.29, 0.717) is 0 Å². The van der Waals surface area contributed by atoms with E-state index in [0.717, 1.165) is 30.0 Å². The van der Waals surface area contributed by atoms with Gasteiger partial charge in [0.05, 0.1) is 52.0 Å². The van der Waals surface area contributed by atoms with Gasteiger partial charge in [0.2, 0.25) is 0 Å². The van der Waals surface area contributed by atoms with Gasteiger partial charge in [-0.2, -0.15) is 0 Å². The molecule has 1 unspecified atom stereocenters. The molecule has 3 rings (SSSR count). The van der Waals surface area contributed by atoms with Crippen LogP contribution in [0.2, 0.25) is 0 Å². The molecule has 1 aromatic carbocycles. The molecule has 0 saturated carbocycles. The second kappa shape index (κ2) is 8.21. The summed E-state index contributed by atoms with van der Waals surface area (Å²) >= 11 is 0. The fraction of sp³-hybridized carbons (Fsp3) is 0.700. The first kappa shape index (κ1) is 17.6. The number of rotatable bonds is 5. The van der Waals surface area contributed by atoms with Crippen molar-refractivity contribution >= 4 is 0 Å². The quantitative estimate of drug-likeness (QED) is 0.824. The van der Waals surface area contributed by atoms with Crippen LogP contribution in [0, 0.1) is 5.92 Å². The summed E-state index contributed by atoms with van der Waals surface area (Å²) in [5.41, 5.74) is 1.27. The van der Waals surface area contributed by atoms with Gasteiger partial charge in [0.25, 0.3) is 0 Å². The van der Waals surface area contributed by atoms with E-state index in [1.807, 2.05) is 17.0 Å². The molecule has 2 atom stereocenters. The average Bonchev–Trinajstić information content (AvgIpc) is 2.62. The fourth-order valence-corrected chi connectivity index (χ4v) is 4.60. The maximum Gasteiger partial charge on any atom is 0.127 e. The second-order valence-corrected chi connectivity index (χ2v) is 7.74. The van der Waals surface area contributed by atoms with Crippen molar-refractivity contribution in [3.8, 4) is 11.5 Å².